The molecule has 0 amide bonds. The summed E-state index contributed by atoms with van der Waals surface area (Å²) in [4.78, 5) is 12.8. The number of likely N-dealkylation sites (tertiary alicyclic amines) is 1. The van der Waals surface area contributed by atoms with E-state index >= 15 is 0 Å². The lowest BCUT2D eigenvalue weighted by Crippen LogP contribution is -2.39. The number of hydrogen-bond acceptors (Lipinski definition) is 4. The molecule has 21 heavy (non-hydrogen) atoms. The molecule has 0 radical (unpaired) electrons. The Morgan fingerprint density at radius 3 is 3.14 bits per heavy atom. The van der Waals surface area contributed by atoms with E-state index in [-0.39, 0.29) is 12.0 Å². The van der Waals surface area contributed by atoms with Gasteiger partial charge in [0.15, 0.2) is 0 Å². The number of benzene rings is 1. The van der Waals surface area contributed by atoms with Gasteiger partial charge in [0.2, 0.25) is 0 Å². The van der Waals surface area contributed by atoms with Crippen molar-refractivity contribution in [3.05, 3.63) is 29.8 Å². The second-order valence-corrected chi connectivity index (χ2v) is 5.57. The van der Waals surface area contributed by atoms with Gasteiger partial charge in [0.1, 0.15) is 17.1 Å². The van der Waals surface area contributed by atoms with Crippen molar-refractivity contribution in [1.82, 2.24) is 4.90 Å². The molecule has 1 unspecified atom stereocenters. The number of nitrogens with zero attached hydrogens (tertiary/aromatic N) is 1. The monoisotopic (exact) mass is 289 g/mol. The van der Waals surface area contributed by atoms with Crippen molar-refractivity contribution in [2.24, 2.45) is 0 Å². The van der Waals surface area contributed by atoms with E-state index in [1.54, 1.807) is 7.11 Å². The first-order valence-corrected chi connectivity index (χ1v) is 7.11. The van der Waals surface area contributed by atoms with E-state index in [1.807, 2.05) is 18.2 Å². The molecule has 0 saturated carbocycles. The minimum atomic E-state index is -0.756. The number of carboxylic acids is 1. The topological polar surface area (TPSA) is 59.0 Å². The SMILES string of the molecule is COc1ccc2c(c1)C=CC1(CCN(CCC(=O)O)C1)O2. The first-order chi connectivity index (χ1) is 10.1. The fourth-order valence-electron chi connectivity index (χ4n) is 2.92. The van der Waals surface area contributed by atoms with Gasteiger partial charge in [-0.15, -0.1) is 0 Å². The zero-order valence-corrected chi connectivity index (χ0v) is 12.0. The summed E-state index contributed by atoms with van der Waals surface area (Å²) in [6.45, 7) is 2.18. The van der Waals surface area contributed by atoms with Gasteiger partial charge < -0.3 is 14.6 Å². The third-order valence-electron chi connectivity index (χ3n) is 4.08. The summed E-state index contributed by atoms with van der Waals surface area (Å²) in [5.74, 6) is 0.916. The van der Waals surface area contributed by atoms with Crippen LogP contribution in [0.5, 0.6) is 11.5 Å². The second kappa shape index (κ2) is 5.41. The summed E-state index contributed by atoms with van der Waals surface area (Å²) >= 11 is 0. The molecule has 3 rings (SSSR count). The van der Waals surface area contributed by atoms with Crippen molar-refractivity contribution in [3.63, 3.8) is 0 Å². The van der Waals surface area contributed by atoms with Gasteiger partial charge in [0.05, 0.1) is 13.5 Å². The Hall–Kier alpha value is -2.01. The fraction of sp³-hybridized carbons (Fsp3) is 0.438. The summed E-state index contributed by atoms with van der Waals surface area (Å²) in [5, 5.41) is 8.77. The first-order valence-electron chi connectivity index (χ1n) is 7.11. The molecule has 0 aromatic heterocycles. The second-order valence-electron chi connectivity index (χ2n) is 5.57. The Balaban J connectivity index is 1.71. The Kier molecular flexibility index (Phi) is 3.59. The Labute approximate surface area is 123 Å². The molecule has 1 atom stereocenters. The van der Waals surface area contributed by atoms with Crippen LogP contribution in [0.15, 0.2) is 24.3 Å². The van der Waals surface area contributed by atoms with E-state index < -0.39 is 5.97 Å². The van der Waals surface area contributed by atoms with Crippen molar-refractivity contribution in [1.29, 1.82) is 0 Å². The average Bonchev–Trinajstić information content (AvgIpc) is 2.87. The van der Waals surface area contributed by atoms with Crippen molar-refractivity contribution in [2.45, 2.75) is 18.4 Å². The van der Waals surface area contributed by atoms with Crippen LogP contribution < -0.4 is 9.47 Å². The number of ether oxygens (including phenoxy) is 2. The number of fused-ring (bicyclic) bond motifs is 1. The molecule has 2 aliphatic rings. The smallest absolute Gasteiger partial charge is 0.304 e. The molecular weight excluding hydrogens is 270 g/mol. The van der Waals surface area contributed by atoms with E-state index in [4.69, 9.17) is 14.6 Å². The Morgan fingerprint density at radius 1 is 1.52 bits per heavy atom. The van der Waals surface area contributed by atoms with E-state index in [2.05, 4.69) is 17.1 Å². The third-order valence-corrected chi connectivity index (χ3v) is 4.08. The highest BCUT2D eigenvalue weighted by molar-refractivity contribution is 5.67. The highest BCUT2D eigenvalue weighted by Gasteiger charge is 2.40. The molecule has 5 nitrogen and oxygen atoms in total. The molecule has 5 heteroatoms. The van der Waals surface area contributed by atoms with Crippen LogP contribution in [0.1, 0.15) is 18.4 Å². The number of carboxylic acid groups (broad SMARTS) is 1. The van der Waals surface area contributed by atoms with Gasteiger partial charge in [-0.2, -0.15) is 0 Å². The van der Waals surface area contributed by atoms with Crippen molar-refractivity contribution in [2.75, 3.05) is 26.7 Å². The molecule has 2 heterocycles. The molecule has 0 bridgehead atoms. The maximum atomic E-state index is 10.7. The maximum absolute atomic E-state index is 10.7. The number of carbonyl (C=O) groups is 1. The first kappa shape index (κ1) is 13.9. The van der Waals surface area contributed by atoms with Crippen LogP contribution in [0.3, 0.4) is 0 Å². The molecule has 1 aromatic rings. The standard InChI is InChI=1S/C16H19NO4/c1-20-13-2-3-14-12(10-13)4-6-16(21-14)7-9-17(11-16)8-5-15(18)19/h2-4,6,10H,5,7-9,11H2,1H3,(H,18,19). The Bertz CT molecular complexity index is 584. The van der Waals surface area contributed by atoms with E-state index in [9.17, 15) is 4.79 Å². The van der Waals surface area contributed by atoms with E-state index in [0.717, 1.165) is 36.6 Å². The van der Waals surface area contributed by atoms with Crippen LogP contribution in [0.4, 0.5) is 0 Å². The molecule has 1 spiro atoms. The van der Waals surface area contributed by atoms with Gasteiger partial charge in [0, 0.05) is 31.6 Å². The number of rotatable bonds is 4. The highest BCUT2D eigenvalue weighted by Crippen LogP contribution is 2.37. The maximum Gasteiger partial charge on any atom is 0.304 e. The summed E-state index contributed by atoms with van der Waals surface area (Å²) in [5.41, 5.74) is 0.698. The van der Waals surface area contributed by atoms with Crippen LogP contribution in [-0.2, 0) is 4.79 Å². The summed E-state index contributed by atoms with van der Waals surface area (Å²) in [6, 6.07) is 5.78. The van der Waals surface area contributed by atoms with Crippen LogP contribution in [0, 0.1) is 0 Å². The molecule has 0 aliphatic carbocycles. The molecule has 1 aromatic carbocycles. The van der Waals surface area contributed by atoms with Crippen LogP contribution in [-0.4, -0.2) is 48.3 Å². The molecular formula is C16H19NO4. The summed E-state index contributed by atoms with van der Waals surface area (Å²) in [7, 11) is 1.65. The zero-order valence-electron chi connectivity index (χ0n) is 12.0. The number of aliphatic carboxylic acids is 1. The van der Waals surface area contributed by atoms with Crippen LogP contribution >= 0.6 is 0 Å². The molecule has 1 fully saturated rings. The number of methoxy groups -OCH3 is 1. The normalized spacial score (nSPS) is 23.9. The van der Waals surface area contributed by atoms with E-state index in [0.29, 0.717) is 6.54 Å². The van der Waals surface area contributed by atoms with Crippen LogP contribution in [0.2, 0.25) is 0 Å². The predicted molar refractivity (Wildman–Crippen MR) is 78.7 cm³/mol. The minimum Gasteiger partial charge on any atom is -0.497 e. The van der Waals surface area contributed by atoms with Gasteiger partial charge in [-0.1, -0.05) is 6.08 Å². The van der Waals surface area contributed by atoms with Crippen molar-refractivity contribution in [3.8, 4) is 11.5 Å². The third kappa shape index (κ3) is 2.88. The molecule has 112 valence electrons. The van der Waals surface area contributed by atoms with Gasteiger partial charge in [-0.25, -0.2) is 0 Å². The van der Waals surface area contributed by atoms with Gasteiger partial charge >= 0.3 is 5.97 Å². The largest absolute Gasteiger partial charge is 0.497 e. The molecule has 1 saturated heterocycles. The van der Waals surface area contributed by atoms with E-state index in [1.165, 1.54) is 0 Å². The average molecular weight is 289 g/mol. The zero-order chi connectivity index (χ0) is 14.9. The van der Waals surface area contributed by atoms with Gasteiger partial charge in [-0.3, -0.25) is 9.69 Å². The Morgan fingerprint density at radius 2 is 2.38 bits per heavy atom. The molecule has 2 aliphatic heterocycles. The van der Waals surface area contributed by atoms with Gasteiger partial charge in [0.25, 0.3) is 0 Å². The van der Waals surface area contributed by atoms with Crippen LogP contribution in [0.25, 0.3) is 6.08 Å². The summed E-state index contributed by atoms with van der Waals surface area (Å²) < 4.78 is 11.4. The van der Waals surface area contributed by atoms with Crippen molar-refractivity contribution < 1.29 is 19.4 Å². The lowest BCUT2D eigenvalue weighted by molar-refractivity contribution is -0.137. The lowest BCUT2D eigenvalue weighted by atomic mass is 9.97. The quantitative estimate of drug-likeness (QED) is 0.919. The predicted octanol–water partition coefficient (Wildman–Crippen LogP) is 2.02. The highest BCUT2D eigenvalue weighted by atomic mass is 16.5. The number of hydrogen-bond donors (Lipinski definition) is 1. The van der Waals surface area contributed by atoms with Gasteiger partial charge in [-0.05, 0) is 24.3 Å². The summed E-state index contributed by atoms with van der Waals surface area (Å²) in [6.07, 6.45) is 5.22. The lowest BCUT2D eigenvalue weighted by Gasteiger charge is -2.31. The molecule has 1 N–H and O–H groups in total. The fourth-order valence-corrected chi connectivity index (χ4v) is 2.92. The van der Waals surface area contributed by atoms with Crippen molar-refractivity contribution >= 4 is 12.0 Å². The minimum absolute atomic E-state index is 0.174.